The summed E-state index contributed by atoms with van der Waals surface area (Å²) in [5, 5.41) is 9.13. The molecule has 0 unspecified atom stereocenters. The molecule has 0 fully saturated rings. The van der Waals surface area contributed by atoms with Crippen LogP contribution in [0.25, 0.3) is 0 Å². The van der Waals surface area contributed by atoms with Crippen LogP contribution >= 0.6 is 0 Å². The Morgan fingerprint density at radius 1 is 1.20 bits per heavy atom. The minimum absolute atomic E-state index is 0.0482. The fourth-order valence-corrected chi connectivity index (χ4v) is 1.80. The van der Waals surface area contributed by atoms with Crippen molar-refractivity contribution in [2.45, 2.75) is 20.1 Å². The normalized spacial score (nSPS) is 10.4. The van der Waals surface area contributed by atoms with Gasteiger partial charge in [-0.05, 0) is 30.7 Å². The molecule has 2 rings (SSSR count). The van der Waals surface area contributed by atoms with Gasteiger partial charge in [0.25, 0.3) is 0 Å². The molecule has 5 heteroatoms. The molecule has 2 aromatic rings. The number of aryl methyl sites for hydroxylation is 1. The molecule has 106 valence electrons. The second-order valence-electron chi connectivity index (χ2n) is 4.37. The number of methoxy groups -OCH3 is 1. The van der Waals surface area contributed by atoms with E-state index in [2.05, 4.69) is 4.98 Å². The molecule has 0 aliphatic rings. The molecule has 0 saturated carbocycles. The summed E-state index contributed by atoms with van der Waals surface area (Å²) in [5.74, 6) is 1.56. The van der Waals surface area contributed by atoms with Crippen molar-refractivity contribution in [3.05, 3.63) is 47.2 Å². The third-order valence-electron chi connectivity index (χ3n) is 2.92. The number of pyridine rings is 1. The quantitative estimate of drug-likeness (QED) is 0.873. The molecule has 0 spiro atoms. The van der Waals surface area contributed by atoms with E-state index in [4.69, 9.17) is 20.3 Å². The molecular formula is C15H18N2O3. The number of ether oxygens (including phenoxy) is 2. The third-order valence-corrected chi connectivity index (χ3v) is 2.92. The largest absolute Gasteiger partial charge is 0.493 e. The lowest BCUT2D eigenvalue weighted by molar-refractivity contribution is 0.280. The van der Waals surface area contributed by atoms with Gasteiger partial charge in [-0.15, -0.1) is 0 Å². The van der Waals surface area contributed by atoms with Crippen LogP contribution in [-0.4, -0.2) is 17.2 Å². The highest BCUT2D eigenvalue weighted by Gasteiger charge is 2.11. The molecule has 0 aliphatic carbocycles. The zero-order valence-electron chi connectivity index (χ0n) is 11.6. The lowest BCUT2D eigenvalue weighted by atomic mass is 10.2. The number of hydrogen-bond donors (Lipinski definition) is 2. The summed E-state index contributed by atoms with van der Waals surface area (Å²) in [6.07, 6.45) is 0. The molecule has 1 aromatic heterocycles. The van der Waals surface area contributed by atoms with Crippen LogP contribution in [0.3, 0.4) is 0 Å². The van der Waals surface area contributed by atoms with Crippen molar-refractivity contribution < 1.29 is 14.6 Å². The third kappa shape index (κ3) is 3.07. The van der Waals surface area contributed by atoms with Crippen molar-refractivity contribution in [2.75, 3.05) is 7.11 Å². The van der Waals surface area contributed by atoms with Crippen molar-refractivity contribution in [1.29, 1.82) is 0 Å². The van der Waals surface area contributed by atoms with E-state index in [0.717, 1.165) is 16.8 Å². The maximum Gasteiger partial charge on any atom is 0.224 e. The minimum atomic E-state index is -0.0482. The Kier molecular flexibility index (Phi) is 4.55. The molecule has 0 radical (unpaired) electrons. The van der Waals surface area contributed by atoms with Gasteiger partial charge in [-0.3, -0.25) is 0 Å². The number of aliphatic hydroxyl groups is 1. The van der Waals surface area contributed by atoms with Gasteiger partial charge in [-0.2, -0.15) is 0 Å². The van der Waals surface area contributed by atoms with Crippen LogP contribution in [0.15, 0.2) is 30.3 Å². The molecule has 1 heterocycles. The number of rotatable bonds is 5. The van der Waals surface area contributed by atoms with E-state index >= 15 is 0 Å². The zero-order valence-corrected chi connectivity index (χ0v) is 11.6. The van der Waals surface area contributed by atoms with E-state index < -0.39 is 0 Å². The first-order chi connectivity index (χ1) is 9.67. The average molecular weight is 274 g/mol. The maximum absolute atomic E-state index is 9.13. The smallest absolute Gasteiger partial charge is 0.224 e. The van der Waals surface area contributed by atoms with Crippen molar-refractivity contribution in [3.8, 4) is 17.4 Å². The van der Waals surface area contributed by atoms with Crippen LogP contribution in [0.1, 0.15) is 16.8 Å². The molecule has 0 atom stereocenters. The van der Waals surface area contributed by atoms with Crippen LogP contribution in [0.5, 0.6) is 17.4 Å². The van der Waals surface area contributed by atoms with E-state index in [9.17, 15) is 0 Å². The standard InChI is InChI=1S/C15H18N2O3/c1-10-3-5-12(8-16)15(17-10)20-13-6-4-11(9-18)7-14(13)19-2/h3-7,18H,8-9,16H2,1-2H3. The molecule has 0 saturated heterocycles. The number of aliphatic hydroxyl groups excluding tert-OH is 1. The van der Waals surface area contributed by atoms with Gasteiger partial charge in [0.05, 0.1) is 13.7 Å². The first kappa shape index (κ1) is 14.3. The van der Waals surface area contributed by atoms with Crippen molar-refractivity contribution in [3.63, 3.8) is 0 Å². The first-order valence-electron chi connectivity index (χ1n) is 6.30. The van der Waals surface area contributed by atoms with Gasteiger partial charge in [0.2, 0.25) is 5.88 Å². The van der Waals surface area contributed by atoms with Gasteiger partial charge >= 0.3 is 0 Å². The second-order valence-corrected chi connectivity index (χ2v) is 4.37. The average Bonchev–Trinajstić information content (AvgIpc) is 2.48. The highest BCUT2D eigenvalue weighted by molar-refractivity contribution is 5.45. The summed E-state index contributed by atoms with van der Waals surface area (Å²) in [7, 11) is 1.55. The Bertz CT molecular complexity index is 600. The number of hydrogen-bond acceptors (Lipinski definition) is 5. The predicted octanol–water partition coefficient (Wildman–Crippen LogP) is 2.14. The fourth-order valence-electron chi connectivity index (χ4n) is 1.80. The molecule has 0 bridgehead atoms. The molecule has 0 amide bonds. The Balaban J connectivity index is 2.36. The van der Waals surface area contributed by atoms with Crippen LogP contribution in [0.2, 0.25) is 0 Å². The highest BCUT2D eigenvalue weighted by Crippen LogP contribution is 2.33. The van der Waals surface area contributed by atoms with E-state index in [1.807, 2.05) is 19.1 Å². The summed E-state index contributed by atoms with van der Waals surface area (Å²) < 4.78 is 11.1. The van der Waals surface area contributed by atoms with Gasteiger partial charge in [0, 0.05) is 17.8 Å². The number of benzene rings is 1. The van der Waals surface area contributed by atoms with Gasteiger partial charge in [0.1, 0.15) is 0 Å². The van der Waals surface area contributed by atoms with Crippen molar-refractivity contribution in [1.82, 2.24) is 4.98 Å². The highest BCUT2D eigenvalue weighted by atomic mass is 16.5. The zero-order chi connectivity index (χ0) is 14.5. The topological polar surface area (TPSA) is 77.6 Å². The Hall–Kier alpha value is -2.11. The van der Waals surface area contributed by atoms with Gasteiger partial charge in [-0.25, -0.2) is 4.98 Å². The second kappa shape index (κ2) is 6.36. The Morgan fingerprint density at radius 2 is 2.00 bits per heavy atom. The van der Waals surface area contributed by atoms with Crippen LogP contribution in [0.4, 0.5) is 0 Å². The Morgan fingerprint density at radius 3 is 2.65 bits per heavy atom. The number of nitrogens with two attached hydrogens (primary N) is 1. The molecule has 20 heavy (non-hydrogen) atoms. The van der Waals surface area contributed by atoms with Crippen molar-refractivity contribution >= 4 is 0 Å². The van der Waals surface area contributed by atoms with E-state index in [1.54, 1.807) is 25.3 Å². The Labute approximate surface area is 118 Å². The maximum atomic E-state index is 9.13. The molecule has 3 N–H and O–H groups in total. The van der Waals surface area contributed by atoms with Crippen molar-refractivity contribution in [2.24, 2.45) is 5.73 Å². The lowest BCUT2D eigenvalue weighted by Crippen LogP contribution is -2.03. The summed E-state index contributed by atoms with van der Waals surface area (Å²) in [5.41, 5.74) is 8.11. The lowest BCUT2D eigenvalue weighted by Gasteiger charge is -2.13. The van der Waals surface area contributed by atoms with E-state index in [1.165, 1.54) is 0 Å². The summed E-state index contributed by atoms with van der Waals surface area (Å²) >= 11 is 0. The van der Waals surface area contributed by atoms with Crippen LogP contribution in [0, 0.1) is 6.92 Å². The number of nitrogens with zero attached hydrogens (tertiary/aromatic N) is 1. The minimum Gasteiger partial charge on any atom is -0.493 e. The number of aromatic nitrogens is 1. The van der Waals surface area contributed by atoms with Gasteiger partial charge in [-0.1, -0.05) is 12.1 Å². The van der Waals surface area contributed by atoms with Gasteiger partial charge < -0.3 is 20.3 Å². The van der Waals surface area contributed by atoms with E-state index in [0.29, 0.717) is 23.9 Å². The SMILES string of the molecule is COc1cc(CO)ccc1Oc1nc(C)ccc1CN. The summed E-state index contributed by atoms with van der Waals surface area (Å²) in [6, 6.07) is 9.03. The predicted molar refractivity (Wildman–Crippen MR) is 75.9 cm³/mol. The van der Waals surface area contributed by atoms with Gasteiger partial charge in [0.15, 0.2) is 11.5 Å². The first-order valence-corrected chi connectivity index (χ1v) is 6.30. The monoisotopic (exact) mass is 274 g/mol. The van der Waals surface area contributed by atoms with Crippen LogP contribution < -0.4 is 15.2 Å². The van der Waals surface area contributed by atoms with E-state index in [-0.39, 0.29) is 6.61 Å². The molecule has 1 aromatic carbocycles. The summed E-state index contributed by atoms with van der Waals surface area (Å²) in [4.78, 5) is 4.35. The van der Waals surface area contributed by atoms with Crippen LogP contribution in [-0.2, 0) is 13.2 Å². The molecular weight excluding hydrogens is 256 g/mol. The fraction of sp³-hybridized carbons (Fsp3) is 0.267. The molecule has 0 aliphatic heterocycles. The summed E-state index contributed by atoms with van der Waals surface area (Å²) in [6.45, 7) is 2.19. The molecule has 5 nitrogen and oxygen atoms in total.